The summed E-state index contributed by atoms with van der Waals surface area (Å²) in [5, 5.41) is 1.59. The van der Waals surface area contributed by atoms with Crippen molar-refractivity contribution in [2.45, 2.75) is 48.7 Å². The van der Waals surface area contributed by atoms with Crippen molar-refractivity contribution in [1.29, 1.82) is 0 Å². The lowest BCUT2D eigenvalue weighted by atomic mass is 9.87. The van der Waals surface area contributed by atoms with Crippen LogP contribution in [-0.4, -0.2) is 25.9 Å². The van der Waals surface area contributed by atoms with E-state index in [0.29, 0.717) is 17.5 Å². The molecule has 9 heteroatoms. The Hall–Kier alpha value is -2.84. The summed E-state index contributed by atoms with van der Waals surface area (Å²) in [5.41, 5.74) is -0.153. The first-order chi connectivity index (χ1) is 17.3. The molecule has 1 aliphatic rings. The van der Waals surface area contributed by atoms with Gasteiger partial charge in [-0.2, -0.15) is 0 Å². The normalized spacial score (nSPS) is 15.4. The summed E-state index contributed by atoms with van der Waals surface area (Å²) in [6, 6.07) is 10.9. The van der Waals surface area contributed by atoms with Gasteiger partial charge in [0, 0.05) is 23.3 Å². The van der Waals surface area contributed by atoms with E-state index in [9.17, 15) is 22.0 Å². The first kappa shape index (κ1) is 26.2. The molecule has 1 amide bonds. The molecule has 1 fully saturated rings. The minimum atomic E-state index is -4.25. The second-order valence-corrected chi connectivity index (χ2v) is 11.5. The Morgan fingerprint density at radius 1 is 1.03 bits per heavy atom. The number of aromatic nitrogens is 1. The average Bonchev–Trinajstić information content (AvgIpc) is 2.87. The molecule has 4 rings (SSSR count). The summed E-state index contributed by atoms with van der Waals surface area (Å²) in [7, 11) is -4.25. The maximum Gasteiger partial charge on any atom is 0.252 e. The van der Waals surface area contributed by atoms with Crippen LogP contribution in [0.2, 0.25) is 5.02 Å². The topological polar surface area (TPSA) is 76.1 Å². The van der Waals surface area contributed by atoms with Gasteiger partial charge in [-0.25, -0.2) is 17.2 Å². The summed E-state index contributed by atoms with van der Waals surface area (Å²) in [6.45, 7) is 0.549. The molecule has 0 spiro atoms. The summed E-state index contributed by atoms with van der Waals surface area (Å²) < 4.78 is 55.9. The number of halogens is 3. The molecule has 1 saturated carbocycles. The van der Waals surface area contributed by atoms with Crippen molar-refractivity contribution in [3.8, 4) is 0 Å². The first-order valence-electron chi connectivity index (χ1n) is 11.9. The third kappa shape index (κ3) is 6.10. The number of hydrogen-bond donors (Lipinski definition) is 1. The van der Waals surface area contributed by atoms with Crippen LogP contribution in [0.15, 0.2) is 65.7 Å². The Labute approximate surface area is 214 Å². The van der Waals surface area contributed by atoms with Gasteiger partial charge in [-0.05, 0) is 66.9 Å². The summed E-state index contributed by atoms with van der Waals surface area (Å²) in [4.78, 5) is 16.7. The minimum absolute atomic E-state index is 0.0341. The van der Waals surface area contributed by atoms with Crippen molar-refractivity contribution in [3.63, 3.8) is 0 Å². The lowest BCUT2D eigenvalue weighted by Crippen LogP contribution is -2.26. The number of hydrogen-bond acceptors (Lipinski definition) is 4. The van der Waals surface area contributed by atoms with E-state index in [-0.39, 0.29) is 27.6 Å². The zero-order valence-corrected chi connectivity index (χ0v) is 21.2. The highest BCUT2D eigenvalue weighted by Crippen LogP contribution is 2.36. The zero-order chi connectivity index (χ0) is 25.7. The molecule has 190 valence electrons. The molecule has 0 saturated heterocycles. The molecule has 36 heavy (non-hydrogen) atoms. The van der Waals surface area contributed by atoms with Crippen molar-refractivity contribution in [2.24, 2.45) is 5.92 Å². The average molecular weight is 533 g/mol. The fourth-order valence-corrected chi connectivity index (χ4v) is 6.51. The number of pyridine rings is 1. The van der Waals surface area contributed by atoms with Crippen molar-refractivity contribution in [1.82, 2.24) is 10.3 Å². The van der Waals surface area contributed by atoms with Crippen LogP contribution < -0.4 is 5.32 Å². The number of nitrogens with zero attached hydrogens (tertiary/aromatic N) is 1. The molecule has 1 aliphatic carbocycles. The Balaban J connectivity index is 1.59. The maximum atomic E-state index is 14.8. The lowest BCUT2D eigenvalue weighted by Gasteiger charge is -2.21. The Kier molecular flexibility index (Phi) is 8.36. The van der Waals surface area contributed by atoms with E-state index in [2.05, 4.69) is 10.3 Å². The highest BCUT2D eigenvalue weighted by Gasteiger charge is 2.34. The molecule has 1 N–H and O–H groups in total. The van der Waals surface area contributed by atoms with Gasteiger partial charge >= 0.3 is 0 Å². The van der Waals surface area contributed by atoms with E-state index in [4.69, 9.17) is 11.6 Å². The Morgan fingerprint density at radius 3 is 2.42 bits per heavy atom. The van der Waals surface area contributed by atoms with Gasteiger partial charge in [-0.15, -0.1) is 0 Å². The number of sulfone groups is 1. The van der Waals surface area contributed by atoms with Gasteiger partial charge in [-0.3, -0.25) is 9.78 Å². The number of carbonyl (C=O) groups excluding carboxylic acids is 1. The third-order valence-corrected chi connectivity index (χ3v) is 8.87. The molecule has 1 unspecified atom stereocenters. The summed E-state index contributed by atoms with van der Waals surface area (Å²) in [5.74, 6) is -1.36. The SMILES string of the molecule is O=C(NCCC1CCCCC1)c1ccc(C(c2cc(F)ccc2F)S(=O)(=O)c2ccc(Cl)cc2)nc1. The lowest BCUT2D eigenvalue weighted by molar-refractivity contribution is 0.0950. The first-order valence-corrected chi connectivity index (χ1v) is 13.9. The van der Waals surface area contributed by atoms with Crippen LogP contribution in [0.25, 0.3) is 0 Å². The second-order valence-electron chi connectivity index (χ2n) is 9.07. The Bertz CT molecular complexity index is 1310. The van der Waals surface area contributed by atoms with Crippen LogP contribution in [0.1, 0.15) is 65.4 Å². The zero-order valence-electron chi connectivity index (χ0n) is 19.6. The van der Waals surface area contributed by atoms with Gasteiger partial charge in [0.15, 0.2) is 9.84 Å². The molecular weight excluding hydrogens is 506 g/mol. The molecule has 0 bridgehead atoms. The van der Waals surface area contributed by atoms with E-state index >= 15 is 0 Å². The van der Waals surface area contributed by atoms with Crippen LogP contribution in [0.5, 0.6) is 0 Å². The van der Waals surface area contributed by atoms with Crippen LogP contribution in [0, 0.1) is 17.6 Å². The third-order valence-electron chi connectivity index (χ3n) is 6.57. The highest BCUT2D eigenvalue weighted by atomic mass is 35.5. The van der Waals surface area contributed by atoms with Crippen LogP contribution in [-0.2, 0) is 9.84 Å². The van der Waals surface area contributed by atoms with Gasteiger partial charge < -0.3 is 5.32 Å². The van der Waals surface area contributed by atoms with Crippen LogP contribution in [0.4, 0.5) is 8.78 Å². The molecule has 1 aromatic heterocycles. The number of amides is 1. The second kappa shape index (κ2) is 11.5. The van der Waals surface area contributed by atoms with Gasteiger partial charge in [0.25, 0.3) is 5.91 Å². The summed E-state index contributed by atoms with van der Waals surface area (Å²) >= 11 is 5.89. The largest absolute Gasteiger partial charge is 0.352 e. The van der Waals surface area contributed by atoms with E-state index in [1.165, 1.54) is 74.7 Å². The van der Waals surface area contributed by atoms with E-state index in [1.54, 1.807) is 0 Å². The van der Waals surface area contributed by atoms with Crippen LogP contribution in [0.3, 0.4) is 0 Å². The van der Waals surface area contributed by atoms with Gasteiger partial charge in [0.05, 0.1) is 16.2 Å². The van der Waals surface area contributed by atoms with Crippen LogP contribution >= 0.6 is 11.6 Å². The fraction of sp³-hybridized carbons (Fsp3) is 0.333. The minimum Gasteiger partial charge on any atom is -0.352 e. The monoisotopic (exact) mass is 532 g/mol. The molecule has 5 nitrogen and oxygen atoms in total. The van der Waals surface area contributed by atoms with E-state index < -0.39 is 26.7 Å². The molecule has 0 radical (unpaired) electrons. The smallest absolute Gasteiger partial charge is 0.252 e. The van der Waals surface area contributed by atoms with E-state index in [1.807, 2.05) is 0 Å². The fourth-order valence-electron chi connectivity index (χ4n) is 4.62. The highest BCUT2D eigenvalue weighted by molar-refractivity contribution is 7.91. The summed E-state index contributed by atoms with van der Waals surface area (Å²) in [6.07, 6.45) is 8.28. The molecule has 1 atom stereocenters. The molecule has 1 heterocycles. The molecule has 3 aromatic rings. The number of rotatable bonds is 8. The number of carbonyl (C=O) groups is 1. The molecule has 2 aromatic carbocycles. The van der Waals surface area contributed by atoms with Crippen molar-refractivity contribution < 1.29 is 22.0 Å². The standard InChI is InChI=1S/C27H27ClF2N2O3S/c28-20-7-10-22(11-8-20)36(34,35)26(23-16-21(29)9-12-24(23)30)25-13-6-19(17-32-25)27(33)31-15-14-18-4-2-1-3-5-18/h6-13,16-18,26H,1-5,14-15H2,(H,31,33). The predicted molar refractivity (Wildman–Crippen MR) is 135 cm³/mol. The van der Waals surface area contributed by atoms with Crippen molar-refractivity contribution in [3.05, 3.63) is 94.3 Å². The Morgan fingerprint density at radius 2 is 1.75 bits per heavy atom. The number of benzene rings is 2. The van der Waals surface area contributed by atoms with Gasteiger partial charge in [-0.1, -0.05) is 43.7 Å². The van der Waals surface area contributed by atoms with Crippen molar-refractivity contribution in [2.75, 3.05) is 6.54 Å². The van der Waals surface area contributed by atoms with Gasteiger partial charge in [0.1, 0.15) is 16.9 Å². The quantitative estimate of drug-likeness (QED) is 0.370. The van der Waals surface area contributed by atoms with Crippen molar-refractivity contribution >= 4 is 27.3 Å². The maximum absolute atomic E-state index is 14.8. The predicted octanol–water partition coefficient (Wildman–Crippen LogP) is 6.28. The molecular formula is C27H27ClF2N2O3S. The molecule has 0 aliphatic heterocycles. The number of nitrogens with one attached hydrogen (secondary N) is 1. The van der Waals surface area contributed by atoms with E-state index in [0.717, 1.165) is 24.6 Å². The van der Waals surface area contributed by atoms with Gasteiger partial charge in [0.2, 0.25) is 0 Å².